The van der Waals surface area contributed by atoms with Crippen LogP contribution in [-0.4, -0.2) is 41.4 Å². The normalized spacial score (nSPS) is 20.5. The van der Waals surface area contributed by atoms with Crippen molar-refractivity contribution in [3.63, 3.8) is 0 Å². The fourth-order valence-electron chi connectivity index (χ4n) is 3.07. The SMILES string of the molecule is CC1CCCN(CC(CC(=O)O)C(=O)c2ccc(Cl)cc2)C1. The van der Waals surface area contributed by atoms with Crippen molar-refractivity contribution in [3.05, 3.63) is 34.9 Å². The van der Waals surface area contributed by atoms with Crippen molar-refractivity contribution in [3.8, 4) is 0 Å². The molecule has 2 unspecified atom stereocenters. The molecule has 0 spiro atoms. The summed E-state index contributed by atoms with van der Waals surface area (Å²) in [5, 5.41) is 9.68. The Kier molecular flexibility index (Phi) is 5.98. The molecule has 1 aliphatic heterocycles. The number of hydrogen-bond acceptors (Lipinski definition) is 3. The molecule has 1 aromatic rings. The number of halogens is 1. The molecular formula is C17H22ClNO3. The van der Waals surface area contributed by atoms with Gasteiger partial charge in [0.25, 0.3) is 0 Å². The van der Waals surface area contributed by atoms with Crippen molar-refractivity contribution in [1.29, 1.82) is 0 Å². The second-order valence-corrected chi connectivity index (χ2v) is 6.61. The number of hydrogen-bond donors (Lipinski definition) is 1. The number of Topliss-reactive ketones (excluding diaryl/α,β-unsaturated/α-hetero) is 1. The number of benzene rings is 1. The molecule has 1 heterocycles. The number of ketones is 1. The summed E-state index contributed by atoms with van der Waals surface area (Å²) < 4.78 is 0. The smallest absolute Gasteiger partial charge is 0.304 e. The monoisotopic (exact) mass is 323 g/mol. The van der Waals surface area contributed by atoms with E-state index in [0.29, 0.717) is 23.0 Å². The third-order valence-corrected chi connectivity index (χ3v) is 4.39. The zero-order valence-corrected chi connectivity index (χ0v) is 13.6. The van der Waals surface area contributed by atoms with Gasteiger partial charge in [-0.15, -0.1) is 0 Å². The Morgan fingerprint density at radius 3 is 2.64 bits per heavy atom. The van der Waals surface area contributed by atoms with Crippen LogP contribution in [-0.2, 0) is 4.79 Å². The van der Waals surface area contributed by atoms with Crippen molar-refractivity contribution < 1.29 is 14.7 Å². The summed E-state index contributed by atoms with van der Waals surface area (Å²) in [7, 11) is 0. The number of nitrogens with zero attached hydrogens (tertiary/aromatic N) is 1. The minimum Gasteiger partial charge on any atom is -0.481 e. The molecule has 0 aromatic heterocycles. The fourth-order valence-corrected chi connectivity index (χ4v) is 3.19. The standard InChI is InChI=1S/C17H22ClNO3/c1-12-3-2-8-19(10-12)11-14(9-16(20)21)17(22)13-4-6-15(18)7-5-13/h4-7,12,14H,2-3,8-11H2,1H3,(H,20,21). The highest BCUT2D eigenvalue weighted by Gasteiger charge is 2.27. The summed E-state index contributed by atoms with van der Waals surface area (Å²) in [5.41, 5.74) is 0.528. The Bertz CT molecular complexity index is 529. The minimum atomic E-state index is -0.933. The van der Waals surface area contributed by atoms with Crippen molar-refractivity contribution >= 4 is 23.4 Å². The lowest BCUT2D eigenvalue weighted by Gasteiger charge is -2.33. The Hall–Kier alpha value is -1.39. The van der Waals surface area contributed by atoms with Crippen LogP contribution in [0.25, 0.3) is 0 Å². The zero-order chi connectivity index (χ0) is 16.1. The van der Waals surface area contributed by atoms with Gasteiger partial charge in [-0.05, 0) is 49.6 Å². The Balaban J connectivity index is 2.09. The highest BCUT2D eigenvalue weighted by atomic mass is 35.5. The van der Waals surface area contributed by atoms with Crippen LogP contribution in [0, 0.1) is 11.8 Å². The van der Waals surface area contributed by atoms with Crippen molar-refractivity contribution in [1.82, 2.24) is 4.90 Å². The molecule has 1 saturated heterocycles. The van der Waals surface area contributed by atoms with E-state index in [1.165, 1.54) is 6.42 Å². The second-order valence-electron chi connectivity index (χ2n) is 6.17. The van der Waals surface area contributed by atoms with Crippen molar-refractivity contribution in [2.45, 2.75) is 26.2 Å². The van der Waals surface area contributed by atoms with Gasteiger partial charge >= 0.3 is 5.97 Å². The van der Waals surface area contributed by atoms with Crippen molar-refractivity contribution in [2.24, 2.45) is 11.8 Å². The Morgan fingerprint density at radius 1 is 1.36 bits per heavy atom. The number of likely N-dealkylation sites (tertiary alicyclic amines) is 1. The highest BCUT2D eigenvalue weighted by Crippen LogP contribution is 2.21. The third kappa shape index (κ3) is 4.82. The van der Waals surface area contributed by atoms with E-state index in [9.17, 15) is 9.59 Å². The Morgan fingerprint density at radius 2 is 2.05 bits per heavy atom. The van der Waals surface area contributed by atoms with E-state index in [1.54, 1.807) is 24.3 Å². The van der Waals surface area contributed by atoms with Crippen LogP contribution in [0.2, 0.25) is 5.02 Å². The summed E-state index contributed by atoms with van der Waals surface area (Å²) in [5.74, 6) is -0.955. The first-order valence-electron chi connectivity index (χ1n) is 7.69. The number of aliphatic carboxylic acids is 1. The van der Waals surface area contributed by atoms with Crippen LogP contribution in [0.4, 0.5) is 0 Å². The molecular weight excluding hydrogens is 302 g/mol. The average molecular weight is 324 g/mol. The van der Waals surface area contributed by atoms with Gasteiger partial charge in [-0.3, -0.25) is 9.59 Å². The van der Waals surface area contributed by atoms with Gasteiger partial charge in [0.2, 0.25) is 0 Å². The van der Waals surface area contributed by atoms with Crippen molar-refractivity contribution in [2.75, 3.05) is 19.6 Å². The molecule has 22 heavy (non-hydrogen) atoms. The summed E-state index contributed by atoms with van der Waals surface area (Å²) in [6.07, 6.45) is 2.17. The number of rotatable bonds is 6. The molecule has 0 bridgehead atoms. The van der Waals surface area contributed by atoms with E-state index >= 15 is 0 Å². The second kappa shape index (κ2) is 7.75. The van der Waals surface area contributed by atoms with Gasteiger partial charge in [0.1, 0.15) is 0 Å². The van der Waals surface area contributed by atoms with Gasteiger partial charge in [0, 0.05) is 29.6 Å². The maximum Gasteiger partial charge on any atom is 0.304 e. The van der Waals surface area contributed by atoms with Crippen LogP contribution in [0.3, 0.4) is 0 Å². The summed E-state index contributed by atoms with van der Waals surface area (Å²) in [6, 6.07) is 6.65. The van der Waals surface area contributed by atoms with E-state index in [-0.39, 0.29) is 12.2 Å². The maximum atomic E-state index is 12.6. The number of piperidine rings is 1. The quantitative estimate of drug-likeness (QED) is 0.816. The highest BCUT2D eigenvalue weighted by molar-refractivity contribution is 6.30. The van der Waals surface area contributed by atoms with E-state index in [2.05, 4.69) is 11.8 Å². The molecule has 1 fully saturated rings. The lowest BCUT2D eigenvalue weighted by molar-refractivity contribution is -0.137. The molecule has 0 radical (unpaired) electrons. The number of carboxylic acid groups (broad SMARTS) is 1. The predicted molar refractivity (Wildman–Crippen MR) is 86.4 cm³/mol. The molecule has 2 rings (SSSR count). The minimum absolute atomic E-state index is 0.114. The third-order valence-electron chi connectivity index (χ3n) is 4.14. The first kappa shape index (κ1) is 17.0. The number of carbonyl (C=O) groups excluding carboxylic acids is 1. The average Bonchev–Trinajstić information content (AvgIpc) is 2.46. The zero-order valence-electron chi connectivity index (χ0n) is 12.8. The maximum absolute atomic E-state index is 12.6. The molecule has 1 N–H and O–H groups in total. The topological polar surface area (TPSA) is 57.6 Å². The summed E-state index contributed by atoms with van der Waals surface area (Å²) in [6.45, 7) is 4.58. The van der Waals surface area contributed by atoms with Crippen LogP contribution < -0.4 is 0 Å². The largest absolute Gasteiger partial charge is 0.481 e. The van der Waals surface area contributed by atoms with E-state index in [4.69, 9.17) is 16.7 Å². The van der Waals surface area contributed by atoms with Gasteiger partial charge in [0.05, 0.1) is 6.42 Å². The van der Waals surface area contributed by atoms with E-state index < -0.39 is 11.9 Å². The molecule has 0 amide bonds. The number of carboxylic acids is 1. The Labute approximate surface area is 136 Å². The molecule has 2 atom stereocenters. The van der Waals surface area contributed by atoms with Crippen LogP contribution in [0.15, 0.2) is 24.3 Å². The molecule has 0 saturated carbocycles. The summed E-state index contributed by atoms with van der Waals surface area (Å²) >= 11 is 5.84. The molecule has 1 aliphatic rings. The fraction of sp³-hybridized carbons (Fsp3) is 0.529. The van der Waals surface area contributed by atoms with E-state index in [0.717, 1.165) is 19.5 Å². The lowest BCUT2D eigenvalue weighted by atomic mass is 9.92. The molecule has 0 aliphatic carbocycles. The van der Waals surface area contributed by atoms with Gasteiger partial charge in [-0.2, -0.15) is 0 Å². The molecule has 5 heteroatoms. The lowest BCUT2D eigenvalue weighted by Crippen LogP contribution is -2.40. The van der Waals surface area contributed by atoms with E-state index in [1.807, 2.05) is 0 Å². The van der Waals surface area contributed by atoms with Crippen LogP contribution in [0.5, 0.6) is 0 Å². The summed E-state index contributed by atoms with van der Waals surface area (Å²) in [4.78, 5) is 25.9. The first-order valence-corrected chi connectivity index (χ1v) is 8.07. The molecule has 1 aromatic carbocycles. The predicted octanol–water partition coefficient (Wildman–Crippen LogP) is 3.35. The number of carbonyl (C=O) groups is 2. The first-order chi connectivity index (χ1) is 10.5. The van der Waals surface area contributed by atoms with Gasteiger partial charge in [0.15, 0.2) is 5.78 Å². The van der Waals surface area contributed by atoms with Gasteiger partial charge in [-0.1, -0.05) is 18.5 Å². The van der Waals surface area contributed by atoms with Gasteiger partial charge < -0.3 is 10.0 Å². The molecule has 4 nitrogen and oxygen atoms in total. The molecule has 120 valence electrons. The van der Waals surface area contributed by atoms with Crippen LogP contribution >= 0.6 is 11.6 Å². The van der Waals surface area contributed by atoms with Gasteiger partial charge in [-0.25, -0.2) is 0 Å². The van der Waals surface area contributed by atoms with Crippen LogP contribution in [0.1, 0.15) is 36.5 Å².